The highest BCUT2D eigenvalue weighted by Gasteiger charge is 2.61. The Morgan fingerprint density at radius 2 is 1.20 bits per heavy atom. The summed E-state index contributed by atoms with van der Waals surface area (Å²) in [5, 5.41) is 0. The maximum Gasteiger partial charge on any atom is 0.306 e. The van der Waals surface area contributed by atoms with Gasteiger partial charge in [0.25, 0.3) is 0 Å². The lowest BCUT2D eigenvalue weighted by molar-refractivity contribution is -0.147. The van der Waals surface area contributed by atoms with Crippen molar-refractivity contribution in [3.05, 3.63) is 137 Å². The quantitative estimate of drug-likeness (QED) is 0.0818. The molecule has 1 aliphatic heterocycles. The van der Waals surface area contributed by atoms with Crippen molar-refractivity contribution in [2.24, 2.45) is 11.8 Å². The van der Waals surface area contributed by atoms with Crippen LogP contribution in [0.3, 0.4) is 0 Å². The highest BCUT2D eigenvalue weighted by atomic mass is 16.5. The third kappa shape index (κ3) is 5.10. The number of carbonyl (C=O) groups is 4. The Balaban J connectivity index is 0.969. The van der Waals surface area contributed by atoms with Gasteiger partial charge in [0, 0.05) is 35.9 Å². The maximum absolute atomic E-state index is 13.8. The molecule has 2 bridgehead atoms. The van der Waals surface area contributed by atoms with E-state index in [-0.39, 0.29) is 47.7 Å². The van der Waals surface area contributed by atoms with Crippen LogP contribution in [0, 0.1) is 11.8 Å². The molecule has 1 fully saturated rings. The number of carbonyl (C=O) groups excluding carboxylic acids is 4. The van der Waals surface area contributed by atoms with Crippen molar-refractivity contribution in [1.82, 2.24) is 4.90 Å². The third-order valence-electron chi connectivity index (χ3n) is 9.77. The summed E-state index contributed by atoms with van der Waals surface area (Å²) in [5.74, 6) is -1.31. The molecule has 3 aliphatic carbocycles. The van der Waals surface area contributed by atoms with Crippen LogP contribution in [0.15, 0.2) is 103 Å². The number of methoxy groups -OCH3 is 1. The third-order valence-corrected chi connectivity index (χ3v) is 9.77. The molecule has 4 aromatic rings. The lowest BCUT2D eigenvalue weighted by Gasteiger charge is -2.45. The average Bonchev–Trinajstić information content (AvgIpc) is 3.36. The van der Waals surface area contributed by atoms with E-state index in [2.05, 4.69) is 24.3 Å². The smallest absolute Gasteiger partial charge is 0.306 e. The van der Waals surface area contributed by atoms with E-state index in [9.17, 15) is 19.2 Å². The number of esters is 1. The molecule has 0 unspecified atom stereocenters. The van der Waals surface area contributed by atoms with E-state index < -0.39 is 12.1 Å². The lowest BCUT2D eigenvalue weighted by atomic mass is 9.55. The molecule has 3 atom stereocenters. The van der Waals surface area contributed by atoms with E-state index in [0.29, 0.717) is 42.7 Å². The fourth-order valence-corrected chi connectivity index (χ4v) is 7.67. The van der Waals surface area contributed by atoms with Crippen molar-refractivity contribution < 1.29 is 28.7 Å². The van der Waals surface area contributed by atoms with E-state index in [1.165, 1.54) is 4.90 Å². The van der Waals surface area contributed by atoms with E-state index in [1.54, 1.807) is 55.6 Å². The van der Waals surface area contributed by atoms with Gasteiger partial charge in [0.15, 0.2) is 6.10 Å². The Labute approximate surface area is 268 Å². The summed E-state index contributed by atoms with van der Waals surface area (Å²) in [6, 6.07) is 32.2. The number of likely N-dealkylation sites (tertiary alicyclic amines) is 1. The normalized spacial score (nSPS) is 21.3. The van der Waals surface area contributed by atoms with Crippen molar-refractivity contribution in [2.45, 2.75) is 43.6 Å². The van der Waals surface area contributed by atoms with Crippen LogP contribution in [-0.4, -0.2) is 42.1 Å². The second kappa shape index (κ2) is 12.4. The summed E-state index contributed by atoms with van der Waals surface area (Å²) in [6.45, 7) is 0.328. The molecule has 4 aromatic carbocycles. The number of ether oxygens (including phenoxy) is 2. The Kier molecular flexibility index (Phi) is 7.99. The number of imide groups is 1. The monoisotopic (exact) mass is 613 g/mol. The summed E-state index contributed by atoms with van der Waals surface area (Å²) < 4.78 is 10.9. The lowest BCUT2D eigenvalue weighted by Crippen LogP contribution is -2.41. The van der Waals surface area contributed by atoms with Crippen molar-refractivity contribution >= 4 is 23.6 Å². The van der Waals surface area contributed by atoms with Gasteiger partial charge in [-0.1, -0.05) is 85.3 Å². The van der Waals surface area contributed by atoms with E-state index in [0.717, 1.165) is 22.3 Å². The molecule has 8 rings (SSSR count). The van der Waals surface area contributed by atoms with Crippen LogP contribution in [0.2, 0.25) is 0 Å². The zero-order chi connectivity index (χ0) is 31.8. The first-order chi connectivity index (χ1) is 22.5. The minimum absolute atomic E-state index is 0.0869. The molecule has 232 valence electrons. The Morgan fingerprint density at radius 1 is 0.674 bits per heavy atom. The number of nitrogens with zero attached hydrogens (tertiary/aromatic N) is 1. The van der Waals surface area contributed by atoms with Gasteiger partial charge in [0.05, 0.1) is 18.9 Å². The molecular formula is C39H35NO6. The molecule has 0 saturated carbocycles. The average molecular weight is 614 g/mol. The second-order valence-corrected chi connectivity index (χ2v) is 12.3. The number of benzene rings is 4. The first kappa shape index (κ1) is 29.7. The molecule has 7 nitrogen and oxygen atoms in total. The molecule has 0 radical (unpaired) electrons. The SMILES string of the molecule is COc1ccc(C(=O)[C@@H](OC(=O)CCCCCN2C(=O)[C@@H]3C4c5ccccc5C(c5ccccc54)[C@@H]3C2=O)c2ccccc2)cc1. The Morgan fingerprint density at radius 3 is 1.72 bits per heavy atom. The molecule has 4 aliphatic rings. The van der Waals surface area contributed by atoms with Gasteiger partial charge in [-0.05, 0) is 59.4 Å². The standard InChI is InChI=1S/C39H35NO6/c1-45-26-21-19-24(20-22-26)36(42)37(25-12-4-2-5-13-25)46-31(41)18-6-3-11-23-40-38(43)34-32-27-14-7-8-15-28(27)33(35(34)39(40)44)30-17-10-9-16-29(30)32/h2,4-5,7-10,12-17,19-22,32-35,37H,3,6,11,18,23H2,1H3/t32?,33?,34-,35+,37-/m0/s1. The van der Waals surface area contributed by atoms with Gasteiger partial charge in [-0.2, -0.15) is 0 Å². The highest BCUT2D eigenvalue weighted by Crippen LogP contribution is 2.60. The number of Topliss-reactive ketones (excluding diaryl/α,β-unsaturated/α-hetero) is 1. The minimum Gasteiger partial charge on any atom is -0.497 e. The van der Waals surface area contributed by atoms with Gasteiger partial charge < -0.3 is 9.47 Å². The first-order valence-electron chi connectivity index (χ1n) is 15.9. The molecule has 0 N–H and O–H groups in total. The number of amides is 2. The van der Waals surface area contributed by atoms with E-state index in [1.807, 2.05) is 30.3 Å². The Hall–Kier alpha value is -5.04. The van der Waals surface area contributed by atoms with E-state index >= 15 is 0 Å². The number of rotatable bonds is 11. The molecule has 2 amide bonds. The van der Waals surface area contributed by atoms with Crippen LogP contribution in [0.5, 0.6) is 5.75 Å². The number of ketones is 1. The van der Waals surface area contributed by atoms with Gasteiger partial charge in [0.2, 0.25) is 17.6 Å². The van der Waals surface area contributed by atoms with Crippen LogP contribution in [0.4, 0.5) is 0 Å². The Bertz CT molecular complexity index is 1680. The summed E-state index contributed by atoms with van der Waals surface area (Å²) in [5.41, 5.74) is 5.66. The second-order valence-electron chi connectivity index (χ2n) is 12.3. The molecule has 7 heteroatoms. The number of hydrogen-bond acceptors (Lipinski definition) is 6. The number of unbranched alkanes of at least 4 members (excludes halogenated alkanes) is 2. The topological polar surface area (TPSA) is 90.0 Å². The molecule has 0 aromatic heterocycles. The van der Waals surface area contributed by atoms with Gasteiger partial charge in [0.1, 0.15) is 5.75 Å². The zero-order valence-electron chi connectivity index (χ0n) is 25.6. The van der Waals surface area contributed by atoms with Crippen molar-refractivity contribution in [1.29, 1.82) is 0 Å². The van der Waals surface area contributed by atoms with Gasteiger partial charge in [-0.3, -0.25) is 24.1 Å². The van der Waals surface area contributed by atoms with Crippen LogP contribution < -0.4 is 4.74 Å². The summed E-state index contributed by atoms with van der Waals surface area (Å²) in [7, 11) is 1.56. The first-order valence-corrected chi connectivity index (χ1v) is 15.9. The van der Waals surface area contributed by atoms with Gasteiger partial charge in [-0.25, -0.2) is 0 Å². The fourth-order valence-electron chi connectivity index (χ4n) is 7.67. The zero-order valence-corrected chi connectivity index (χ0v) is 25.6. The maximum atomic E-state index is 13.8. The van der Waals surface area contributed by atoms with Crippen molar-refractivity contribution in [3.8, 4) is 5.75 Å². The molecule has 1 heterocycles. The predicted octanol–water partition coefficient (Wildman–Crippen LogP) is 6.62. The molecule has 46 heavy (non-hydrogen) atoms. The highest BCUT2D eigenvalue weighted by molar-refractivity contribution is 6.07. The number of hydrogen-bond donors (Lipinski definition) is 0. The minimum atomic E-state index is -1.06. The predicted molar refractivity (Wildman–Crippen MR) is 171 cm³/mol. The molecule has 0 spiro atoms. The summed E-state index contributed by atoms with van der Waals surface area (Å²) in [6.07, 6.45) is 0.807. The van der Waals surface area contributed by atoms with Gasteiger partial charge in [-0.15, -0.1) is 0 Å². The fraction of sp³-hybridized carbons (Fsp3) is 0.282. The van der Waals surface area contributed by atoms with Crippen LogP contribution in [-0.2, 0) is 19.1 Å². The summed E-state index contributed by atoms with van der Waals surface area (Å²) in [4.78, 5) is 55.4. The molecule has 1 saturated heterocycles. The summed E-state index contributed by atoms with van der Waals surface area (Å²) >= 11 is 0. The van der Waals surface area contributed by atoms with Crippen LogP contribution >= 0.6 is 0 Å². The van der Waals surface area contributed by atoms with E-state index in [4.69, 9.17) is 9.47 Å². The van der Waals surface area contributed by atoms with Gasteiger partial charge >= 0.3 is 5.97 Å². The van der Waals surface area contributed by atoms with Crippen molar-refractivity contribution in [3.63, 3.8) is 0 Å². The van der Waals surface area contributed by atoms with Crippen LogP contribution in [0.25, 0.3) is 0 Å². The van der Waals surface area contributed by atoms with Crippen LogP contribution in [0.1, 0.15) is 81.8 Å². The largest absolute Gasteiger partial charge is 0.497 e. The van der Waals surface area contributed by atoms with Crippen molar-refractivity contribution in [2.75, 3.05) is 13.7 Å². The molecular weight excluding hydrogens is 578 g/mol.